The molecular formula is C13H24N4O2. The van der Waals surface area contributed by atoms with Gasteiger partial charge in [-0.05, 0) is 20.3 Å². The van der Waals surface area contributed by atoms with Gasteiger partial charge in [-0.15, -0.1) is 0 Å². The summed E-state index contributed by atoms with van der Waals surface area (Å²) in [6, 6.07) is 0.0772. The van der Waals surface area contributed by atoms with Crippen molar-refractivity contribution < 1.29 is 9.53 Å². The molecule has 0 aliphatic heterocycles. The van der Waals surface area contributed by atoms with Crippen molar-refractivity contribution in [3.63, 3.8) is 0 Å². The summed E-state index contributed by atoms with van der Waals surface area (Å²) in [5.74, 6) is -0.150. The number of aromatic amines is 1. The van der Waals surface area contributed by atoms with E-state index in [1.165, 1.54) is 0 Å². The van der Waals surface area contributed by atoms with E-state index in [9.17, 15) is 4.79 Å². The Labute approximate surface area is 114 Å². The van der Waals surface area contributed by atoms with Gasteiger partial charge in [-0.25, -0.2) is 0 Å². The van der Waals surface area contributed by atoms with Crippen LogP contribution in [-0.4, -0.2) is 47.3 Å². The highest BCUT2D eigenvalue weighted by atomic mass is 16.5. The molecule has 6 heteroatoms. The van der Waals surface area contributed by atoms with Crippen molar-refractivity contribution in [2.24, 2.45) is 0 Å². The smallest absolute Gasteiger partial charge is 0.276 e. The normalized spacial score (nSPS) is 11.0. The quantitative estimate of drug-likeness (QED) is 0.783. The zero-order valence-corrected chi connectivity index (χ0v) is 12.2. The van der Waals surface area contributed by atoms with Crippen molar-refractivity contribution in [3.05, 3.63) is 11.4 Å². The Morgan fingerprint density at radius 2 is 2.21 bits per heavy atom. The van der Waals surface area contributed by atoms with Crippen molar-refractivity contribution in [2.45, 2.75) is 39.7 Å². The molecule has 1 amide bonds. The van der Waals surface area contributed by atoms with Crippen molar-refractivity contribution in [2.75, 3.05) is 26.0 Å². The Bertz CT molecular complexity index is 415. The second-order valence-electron chi connectivity index (χ2n) is 4.80. The second kappa shape index (κ2) is 7.13. The Morgan fingerprint density at radius 1 is 1.53 bits per heavy atom. The summed E-state index contributed by atoms with van der Waals surface area (Å²) in [5.41, 5.74) is 7.60. The average molecular weight is 268 g/mol. The van der Waals surface area contributed by atoms with Gasteiger partial charge in [-0.2, -0.15) is 5.10 Å². The van der Waals surface area contributed by atoms with Crippen LogP contribution < -0.4 is 5.73 Å². The van der Waals surface area contributed by atoms with E-state index < -0.39 is 0 Å². The molecule has 0 saturated heterocycles. The lowest BCUT2D eigenvalue weighted by molar-refractivity contribution is 0.0630. The number of nitrogens with zero attached hydrogens (tertiary/aromatic N) is 2. The number of nitrogens with one attached hydrogen (secondary N) is 1. The standard InChI is InChI=1S/C13H24N4O2/c1-5-6-10-11(14)12(16-15-10)13(18)17(9(2)3)7-8-19-4/h9H,5-8,14H2,1-4H3,(H,15,16). The highest BCUT2D eigenvalue weighted by Crippen LogP contribution is 2.18. The number of carbonyl (C=O) groups is 1. The number of anilines is 1. The molecule has 108 valence electrons. The molecule has 0 unspecified atom stereocenters. The SMILES string of the molecule is CCCc1[nH]nc(C(=O)N(CCOC)C(C)C)c1N. The Morgan fingerprint density at radius 3 is 2.74 bits per heavy atom. The highest BCUT2D eigenvalue weighted by molar-refractivity contribution is 5.97. The summed E-state index contributed by atoms with van der Waals surface area (Å²) in [4.78, 5) is 14.2. The van der Waals surface area contributed by atoms with Crippen molar-refractivity contribution in [3.8, 4) is 0 Å². The maximum atomic E-state index is 12.4. The molecule has 1 aromatic heterocycles. The first kappa shape index (κ1) is 15.5. The van der Waals surface area contributed by atoms with Gasteiger partial charge in [0.15, 0.2) is 5.69 Å². The molecule has 0 aliphatic carbocycles. The molecule has 3 N–H and O–H groups in total. The van der Waals surface area contributed by atoms with Gasteiger partial charge in [0.2, 0.25) is 0 Å². The molecule has 0 spiro atoms. The highest BCUT2D eigenvalue weighted by Gasteiger charge is 2.24. The van der Waals surface area contributed by atoms with E-state index in [1.54, 1.807) is 12.0 Å². The Hall–Kier alpha value is -1.56. The third kappa shape index (κ3) is 3.70. The fraction of sp³-hybridized carbons (Fsp3) is 0.692. The van der Waals surface area contributed by atoms with Gasteiger partial charge in [0.05, 0.1) is 18.0 Å². The maximum absolute atomic E-state index is 12.4. The minimum atomic E-state index is -0.150. The number of nitrogen functional groups attached to an aromatic ring is 1. The molecule has 0 aliphatic rings. The molecule has 1 heterocycles. The molecule has 0 fully saturated rings. The van der Waals surface area contributed by atoms with E-state index in [4.69, 9.17) is 10.5 Å². The number of ether oxygens (including phenoxy) is 1. The lowest BCUT2D eigenvalue weighted by Gasteiger charge is -2.25. The molecular weight excluding hydrogens is 244 g/mol. The summed E-state index contributed by atoms with van der Waals surface area (Å²) in [7, 11) is 1.62. The number of methoxy groups -OCH3 is 1. The molecule has 1 rings (SSSR count). The van der Waals surface area contributed by atoms with Gasteiger partial charge in [-0.1, -0.05) is 13.3 Å². The number of hydrogen-bond acceptors (Lipinski definition) is 4. The fourth-order valence-corrected chi connectivity index (χ4v) is 1.91. The lowest BCUT2D eigenvalue weighted by atomic mass is 10.2. The minimum absolute atomic E-state index is 0.0772. The number of hydrogen-bond donors (Lipinski definition) is 2. The van der Waals surface area contributed by atoms with Crippen LogP contribution in [0.5, 0.6) is 0 Å². The number of nitrogens with two attached hydrogens (primary N) is 1. The molecule has 0 radical (unpaired) electrons. The molecule has 0 atom stereocenters. The van der Waals surface area contributed by atoms with Crippen LogP contribution in [-0.2, 0) is 11.2 Å². The third-order valence-electron chi connectivity index (χ3n) is 3.01. The predicted molar refractivity (Wildman–Crippen MR) is 75.0 cm³/mol. The van der Waals surface area contributed by atoms with Gasteiger partial charge >= 0.3 is 0 Å². The minimum Gasteiger partial charge on any atom is -0.395 e. The zero-order valence-electron chi connectivity index (χ0n) is 12.2. The van der Waals surface area contributed by atoms with Crippen LogP contribution in [0, 0.1) is 0 Å². The largest absolute Gasteiger partial charge is 0.395 e. The van der Waals surface area contributed by atoms with E-state index in [0.717, 1.165) is 18.5 Å². The third-order valence-corrected chi connectivity index (χ3v) is 3.01. The first-order valence-electron chi connectivity index (χ1n) is 6.65. The molecule has 6 nitrogen and oxygen atoms in total. The van der Waals surface area contributed by atoms with E-state index in [0.29, 0.717) is 24.5 Å². The Balaban J connectivity index is 2.90. The van der Waals surface area contributed by atoms with Gasteiger partial charge in [0.25, 0.3) is 5.91 Å². The predicted octanol–water partition coefficient (Wildman–Crippen LogP) is 1.44. The van der Waals surface area contributed by atoms with Crippen LogP contribution in [0.25, 0.3) is 0 Å². The van der Waals surface area contributed by atoms with Gasteiger partial charge in [0, 0.05) is 19.7 Å². The van der Waals surface area contributed by atoms with E-state index in [-0.39, 0.29) is 11.9 Å². The number of aryl methyl sites for hydroxylation is 1. The maximum Gasteiger partial charge on any atom is 0.276 e. The number of amides is 1. The van der Waals surface area contributed by atoms with Crippen LogP contribution in [0.2, 0.25) is 0 Å². The van der Waals surface area contributed by atoms with Crippen LogP contribution in [0.3, 0.4) is 0 Å². The summed E-state index contributed by atoms with van der Waals surface area (Å²) in [6.45, 7) is 7.01. The molecule has 19 heavy (non-hydrogen) atoms. The number of carbonyl (C=O) groups excluding carboxylic acids is 1. The summed E-state index contributed by atoms with van der Waals surface area (Å²) < 4.78 is 5.03. The monoisotopic (exact) mass is 268 g/mol. The second-order valence-corrected chi connectivity index (χ2v) is 4.80. The Kier molecular flexibility index (Phi) is 5.82. The number of rotatable bonds is 7. The zero-order chi connectivity index (χ0) is 14.4. The van der Waals surface area contributed by atoms with Gasteiger partial charge in [0.1, 0.15) is 0 Å². The summed E-state index contributed by atoms with van der Waals surface area (Å²) in [6.07, 6.45) is 1.75. The molecule has 1 aromatic rings. The van der Waals surface area contributed by atoms with Crippen molar-refractivity contribution >= 4 is 11.6 Å². The van der Waals surface area contributed by atoms with E-state index in [2.05, 4.69) is 17.1 Å². The fourth-order valence-electron chi connectivity index (χ4n) is 1.91. The average Bonchev–Trinajstić information content (AvgIpc) is 2.71. The first-order valence-corrected chi connectivity index (χ1v) is 6.65. The van der Waals surface area contributed by atoms with Crippen LogP contribution in [0.1, 0.15) is 43.4 Å². The van der Waals surface area contributed by atoms with Gasteiger partial charge < -0.3 is 15.4 Å². The van der Waals surface area contributed by atoms with Crippen LogP contribution in [0.4, 0.5) is 5.69 Å². The van der Waals surface area contributed by atoms with Crippen molar-refractivity contribution in [1.82, 2.24) is 15.1 Å². The first-order chi connectivity index (χ1) is 9.02. The van der Waals surface area contributed by atoms with E-state index in [1.807, 2.05) is 13.8 Å². The topological polar surface area (TPSA) is 84.2 Å². The van der Waals surface area contributed by atoms with Gasteiger partial charge in [-0.3, -0.25) is 9.89 Å². The molecule has 0 saturated carbocycles. The van der Waals surface area contributed by atoms with Crippen LogP contribution in [0.15, 0.2) is 0 Å². The summed E-state index contributed by atoms with van der Waals surface area (Å²) in [5, 5.41) is 6.92. The number of H-pyrrole nitrogens is 1. The van der Waals surface area contributed by atoms with Crippen molar-refractivity contribution in [1.29, 1.82) is 0 Å². The molecule has 0 aromatic carbocycles. The molecule has 0 bridgehead atoms. The van der Waals surface area contributed by atoms with E-state index >= 15 is 0 Å². The lowest BCUT2D eigenvalue weighted by Crippen LogP contribution is -2.39. The number of aromatic nitrogens is 2. The summed E-state index contributed by atoms with van der Waals surface area (Å²) >= 11 is 0. The van der Waals surface area contributed by atoms with Crippen LogP contribution >= 0.6 is 0 Å².